The maximum absolute atomic E-state index is 13.8. The molecule has 1 amide bonds. The van der Waals surface area contributed by atoms with Crippen molar-refractivity contribution in [3.05, 3.63) is 47.7 Å². The van der Waals surface area contributed by atoms with Crippen molar-refractivity contribution in [1.82, 2.24) is 14.7 Å². The summed E-state index contributed by atoms with van der Waals surface area (Å²) in [5, 5.41) is 7.67. The van der Waals surface area contributed by atoms with Crippen LogP contribution in [0.3, 0.4) is 0 Å². The van der Waals surface area contributed by atoms with E-state index in [-0.39, 0.29) is 35.6 Å². The Hall–Kier alpha value is -2.51. The first-order valence-corrected chi connectivity index (χ1v) is 11.2. The van der Waals surface area contributed by atoms with Crippen LogP contribution < -0.4 is 5.32 Å². The van der Waals surface area contributed by atoms with Gasteiger partial charge in [0, 0.05) is 31.1 Å². The van der Waals surface area contributed by atoms with E-state index in [1.165, 1.54) is 0 Å². The molecule has 1 aromatic heterocycles. The highest BCUT2D eigenvalue weighted by atomic mass is 19.4. The minimum Gasteiger partial charge on any atom is -0.367 e. The van der Waals surface area contributed by atoms with Gasteiger partial charge >= 0.3 is 6.18 Å². The molecule has 0 spiro atoms. The molecule has 0 aliphatic carbocycles. The number of anilines is 1. The Kier molecular flexibility index (Phi) is 5.75. The van der Waals surface area contributed by atoms with Gasteiger partial charge in [0.25, 0.3) is 0 Å². The molecule has 3 heterocycles. The van der Waals surface area contributed by atoms with E-state index in [0.717, 1.165) is 10.2 Å². The number of fused-ring (bicyclic) bond motifs is 1. The van der Waals surface area contributed by atoms with Gasteiger partial charge in [-0.2, -0.15) is 18.3 Å². The SMILES string of the molecule is C[C@H](C(=O)N1CC[C@H](c2cc3n(n2)[C@H](C(F)(F)F)C[C@H](C(C)(C)C)N3)C1)c1ccccc1. The molecule has 0 saturated carbocycles. The number of aromatic nitrogens is 2. The molecule has 4 atom stereocenters. The minimum atomic E-state index is -4.37. The first-order valence-electron chi connectivity index (χ1n) is 11.2. The number of carbonyl (C=O) groups is 1. The Morgan fingerprint density at radius 3 is 2.50 bits per heavy atom. The summed E-state index contributed by atoms with van der Waals surface area (Å²) in [5.74, 6) is 0.135. The van der Waals surface area contributed by atoms with E-state index in [1.807, 2.05) is 62.9 Å². The lowest BCUT2D eigenvalue weighted by Crippen LogP contribution is -2.44. The third-order valence-corrected chi connectivity index (χ3v) is 6.84. The van der Waals surface area contributed by atoms with Crippen LogP contribution >= 0.6 is 0 Å². The Labute approximate surface area is 187 Å². The molecular weight excluding hydrogens is 417 g/mol. The monoisotopic (exact) mass is 448 g/mol. The van der Waals surface area contributed by atoms with Crippen LogP contribution in [0.5, 0.6) is 0 Å². The fraction of sp³-hybridized carbons (Fsp3) is 0.583. The van der Waals surface area contributed by atoms with Crippen molar-refractivity contribution in [2.24, 2.45) is 5.41 Å². The van der Waals surface area contributed by atoms with Gasteiger partial charge in [-0.3, -0.25) is 4.79 Å². The van der Waals surface area contributed by atoms with Gasteiger partial charge in [-0.05, 0) is 30.7 Å². The Bertz CT molecular complexity index is 964. The largest absolute Gasteiger partial charge is 0.410 e. The molecule has 2 aliphatic heterocycles. The van der Waals surface area contributed by atoms with Gasteiger partial charge in [0.1, 0.15) is 5.82 Å². The molecule has 4 rings (SSSR count). The van der Waals surface area contributed by atoms with Crippen LogP contribution in [0.1, 0.15) is 69.7 Å². The number of benzene rings is 1. The average Bonchev–Trinajstić information content (AvgIpc) is 3.38. The van der Waals surface area contributed by atoms with Gasteiger partial charge in [-0.15, -0.1) is 0 Å². The fourth-order valence-corrected chi connectivity index (χ4v) is 4.72. The zero-order valence-electron chi connectivity index (χ0n) is 19.0. The number of nitrogens with one attached hydrogen (secondary N) is 1. The van der Waals surface area contributed by atoms with Crippen LogP contribution in [0.15, 0.2) is 36.4 Å². The molecule has 1 fully saturated rings. The lowest BCUT2D eigenvalue weighted by molar-refractivity contribution is -0.175. The summed E-state index contributed by atoms with van der Waals surface area (Å²) in [4.78, 5) is 14.8. The maximum Gasteiger partial charge on any atom is 0.410 e. The van der Waals surface area contributed by atoms with E-state index in [1.54, 1.807) is 6.07 Å². The van der Waals surface area contributed by atoms with E-state index in [9.17, 15) is 18.0 Å². The van der Waals surface area contributed by atoms with Gasteiger partial charge in [-0.25, -0.2) is 4.68 Å². The van der Waals surface area contributed by atoms with Gasteiger partial charge in [0.2, 0.25) is 5.91 Å². The first kappa shape index (κ1) is 22.7. The Morgan fingerprint density at radius 2 is 1.88 bits per heavy atom. The summed E-state index contributed by atoms with van der Waals surface area (Å²) < 4.78 is 42.6. The third kappa shape index (κ3) is 4.36. The first-order chi connectivity index (χ1) is 14.9. The van der Waals surface area contributed by atoms with Gasteiger partial charge < -0.3 is 10.2 Å². The van der Waals surface area contributed by atoms with Crippen LogP contribution in [-0.2, 0) is 4.79 Å². The summed E-state index contributed by atoms with van der Waals surface area (Å²) >= 11 is 0. The van der Waals surface area contributed by atoms with E-state index in [4.69, 9.17) is 0 Å². The molecular formula is C24H31F3N4O. The van der Waals surface area contributed by atoms with Crippen molar-refractivity contribution in [1.29, 1.82) is 0 Å². The van der Waals surface area contributed by atoms with Gasteiger partial charge in [0.05, 0.1) is 11.6 Å². The maximum atomic E-state index is 13.8. The molecule has 1 aromatic carbocycles. The molecule has 0 unspecified atom stereocenters. The molecule has 0 radical (unpaired) electrons. The van der Waals surface area contributed by atoms with Crippen molar-refractivity contribution in [2.75, 3.05) is 18.4 Å². The van der Waals surface area contributed by atoms with Gasteiger partial charge in [0.15, 0.2) is 6.04 Å². The van der Waals surface area contributed by atoms with Gasteiger partial charge in [-0.1, -0.05) is 51.1 Å². The molecule has 1 N–H and O–H groups in total. The van der Waals surface area contributed by atoms with Crippen molar-refractivity contribution in [3.8, 4) is 0 Å². The average molecular weight is 449 g/mol. The summed E-state index contributed by atoms with van der Waals surface area (Å²) in [6.45, 7) is 8.79. The van der Waals surface area contributed by atoms with Crippen molar-refractivity contribution < 1.29 is 18.0 Å². The van der Waals surface area contributed by atoms with Crippen LogP contribution in [0.4, 0.5) is 19.0 Å². The number of rotatable bonds is 3. The minimum absolute atomic E-state index is 0.0433. The van der Waals surface area contributed by atoms with Crippen LogP contribution in [-0.4, -0.2) is 45.9 Å². The molecule has 0 bridgehead atoms. The lowest BCUT2D eigenvalue weighted by atomic mass is 9.82. The van der Waals surface area contributed by atoms with Crippen LogP contribution in [0.25, 0.3) is 0 Å². The fourth-order valence-electron chi connectivity index (χ4n) is 4.72. The number of alkyl halides is 3. The Balaban J connectivity index is 1.53. The van der Waals surface area contributed by atoms with E-state index in [2.05, 4.69) is 10.4 Å². The summed E-state index contributed by atoms with van der Waals surface area (Å²) in [7, 11) is 0. The third-order valence-electron chi connectivity index (χ3n) is 6.84. The molecule has 2 aliphatic rings. The number of likely N-dealkylation sites (tertiary alicyclic amines) is 1. The highest BCUT2D eigenvalue weighted by Gasteiger charge is 2.48. The molecule has 5 nitrogen and oxygen atoms in total. The number of carbonyl (C=O) groups excluding carboxylic acids is 1. The van der Waals surface area contributed by atoms with Crippen LogP contribution in [0, 0.1) is 5.41 Å². The predicted molar refractivity (Wildman–Crippen MR) is 118 cm³/mol. The molecule has 8 heteroatoms. The van der Waals surface area contributed by atoms with Crippen molar-refractivity contribution in [3.63, 3.8) is 0 Å². The zero-order chi connectivity index (χ0) is 23.3. The zero-order valence-corrected chi connectivity index (χ0v) is 19.0. The molecule has 32 heavy (non-hydrogen) atoms. The normalized spacial score (nSPS) is 24.7. The standard InChI is InChI=1S/C24H31F3N4O/c1-15(16-8-6-5-7-9-16)22(32)30-11-10-17(14-30)18-12-21-28-19(23(2,3)4)13-20(24(25,26)27)31(21)29-18/h5-9,12,15,17,19-20,28H,10-11,13-14H2,1-4H3/t15-,17-,19+,20-/m0/s1. The molecule has 1 saturated heterocycles. The number of halogens is 3. The second-order valence-electron chi connectivity index (χ2n) is 10.2. The highest BCUT2D eigenvalue weighted by molar-refractivity contribution is 5.83. The number of amides is 1. The molecule has 174 valence electrons. The van der Waals surface area contributed by atoms with Crippen LogP contribution in [0.2, 0.25) is 0 Å². The van der Waals surface area contributed by atoms with E-state index in [0.29, 0.717) is 31.0 Å². The summed E-state index contributed by atoms with van der Waals surface area (Å²) in [6.07, 6.45) is -3.72. The highest BCUT2D eigenvalue weighted by Crippen LogP contribution is 2.44. The number of nitrogens with zero attached hydrogens (tertiary/aromatic N) is 3. The van der Waals surface area contributed by atoms with Crippen molar-refractivity contribution >= 4 is 11.7 Å². The van der Waals surface area contributed by atoms with E-state index < -0.39 is 12.2 Å². The number of hydrogen-bond donors (Lipinski definition) is 1. The number of hydrogen-bond acceptors (Lipinski definition) is 3. The smallest absolute Gasteiger partial charge is 0.367 e. The second-order valence-corrected chi connectivity index (χ2v) is 10.2. The Morgan fingerprint density at radius 1 is 1.19 bits per heavy atom. The van der Waals surface area contributed by atoms with E-state index >= 15 is 0 Å². The quantitative estimate of drug-likeness (QED) is 0.690. The summed E-state index contributed by atoms with van der Waals surface area (Å²) in [5.41, 5.74) is 1.27. The lowest BCUT2D eigenvalue weighted by Gasteiger charge is -2.39. The second kappa shape index (κ2) is 8.12. The predicted octanol–water partition coefficient (Wildman–Crippen LogP) is 5.34. The van der Waals surface area contributed by atoms with Crippen molar-refractivity contribution in [2.45, 2.75) is 70.6 Å². The molecule has 2 aromatic rings. The summed E-state index contributed by atoms with van der Waals surface area (Å²) in [6, 6.07) is 9.42. The topological polar surface area (TPSA) is 50.2 Å².